The molecule has 0 aliphatic rings. The summed E-state index contributed by atoms with van der Waals surface area (Å²) in [5.74, 6) is 0.998. The number of hydrogen-bond acceptors (Lipinski definition) is 3. The summed E-state index contributed by atoms with van der Waals surface area (Å²) in [7, 11) is 0. The summed E-state index contributed by atoms with van der Waals surface area (Å²) < 4.78 is 13.5. The average Bonchev–Trinajstić information content (AvgIpc) is 3.27. The molecule has 0 unspecified atom stereocenters. The van der Waals surface area contributed by atoms with Gasteiger partial charge in [0.1, 0.15) is 5.82 Å². The third-order valence-electron chi connectivity index (χ3n) is 4.22. The molecule has 2 heterocycles. The highest BCUT2D eigenvalue weighted by atomic mass is 32.1. The van der Waals surface area contributed by atoms with Crippen molar-refractivity contribution in [2.24, 2.45) is 4.99 Å². The fourth-order valence-electron chi connectivity index (χ4n) is 2.84. The average molecular weight is 388 g/mol. The first kappa shape index (κ1) is 19.4. The summed E-state index contributed by atoms with van der Waals surface area (Å²) in [6.07, 6.45) is 2.72. The molecule has 0 atom stereocenters. The number of benzene rings is 1. The number of nitrogens with zero attached hydrogens (tertiary/aromatic N) is 2. The fourth-order valence-corrected chi connectivity index (χ4v) is 3.66. The van der Waals surface area contributed by atoms with Gasteiger partial charge in [0.05, 0.1) is 17.2 Å². The quantitative estimate of drug-likeness (QED) is 0.421. The van der Waals surface area contributed by atoms with Crippen LogP contribution in [0.4, 0.5) is 4.39 Å². The van der Waals surface area contributed by atoms with Gasteiger partial charge < -0.3 is 15.6 Å². The molecule has 0 spiro atoms. The summed E-state index contributed by atoms with van der Waals surface area (Å²) in [4.78, 5) is 12.4. The van der Waals surface area contributed by atoms with Crippen LogP contribution in [0, 0.1) is 5.82 Å². The van der Waals surface area contributed by atoms with Crippen LogP contribution in [0.3, 0.4) is 0 Å². The second-order valence-electron chi connectivity index (χ2n) is 6.71. The lowest BCUT2D eigenvalue weighted by atomic mass is 10.1. The van der Waals surface area contributed by atoms with Crippen LogP contribution in [0.5, 0.6) is 0 Å². The van der Waals surface area contributed by atoms with E-state index in [0.717, 1.165) is 46.1 Å². The maximum absolute atomic E-state index is 13.5. The van der Waals surface area contributed by atoms with E-state index in [4.69, 9.17) is 0 Å². The fraction of sp³-hybridized carbons (Fsp3) is 0.400. The smallest absolute Gasteiger partial charge is 0.191 e. The summed E-state index contributed by atoms with van der Waals surface area (Å²) in [6.45, 7) is 8.39. The van der Waals surface area contributed by atoms with E-state index in [1.807, 2.05) is 13.1 Å². The SMILES string of the molecule is CCNC(=NCc1csc(C(C)C)n1)NCCc1c[nH]c2ccc(F)cc12. The minimum absolute atomic E-state index is 0.213. The van der Waals surface area contributed by atoms with E-state index in [0.29, 0.717) is 19.0 Å². The Morgan fingerprint density at radius 2 is 2.19 bits per heavy atom. The zero-order valence-electron chi connectivity index (χ0n) is 16.0. The molecule has 0 fully saturated rings. The van der Waals surface area contributed by atoms with E-state index in [1.165, 1.54) is 6.07 Å². The number of aliphatic imine (C=N–C) groups is 1. The molecule has 0 bridgehead atoms. The lowest BCUT2D eigenvalue weighted by Gasteiger charge is -2.10. The summed E-state index contributed by atoms with van der Waals surface area (Å²) in [5, 5.41) is 10.7. The molecule has 3 rings (SSSR count). The first-order chi connectivity index (χ1) is 13.1. The second kappa shape index (κ2) is 8.99. The van der Waals surface area contributed by atoms with Crippen LogP contribution in [0.1, 0.15) is 43.0 Å². The van der Waals surface area contributed by atoms with E-state index in [1.54, 1.807) is 23.5 Å². The van der Waals surface area contributed by atoms with Crippen LogP contribution < -0.4 is 10.6 Å². The molecular formula is C20H26FN5S. The number of guanidine groups is 1. The van der Waals surface area contributed by atoms with Gasteiger partial charge in [-0.1, -0.05) is 13.8 Å². The van der Waals surface area contributed by atoms with Crippen molar-refractivity contribution in [2.75, 3.05) is 13.1 Å². The molecule has 0 aliphatic carbocycles. The van der Waals surface area contributed by atoms with E-state index in [2.05, 4.69) is 44.8 Å². The molecule has 5 nitrogen and oxygen atoms in total. The molecule has 144 valence electrons. The van der Waals surface area contributed by atoms with Crippen LogP contribution in [0.25, 0.3) is 10.9 Å². The number of hydrogen-bond donors (Lipinski definition) is 3. The first-order valence-corrected chi connectivity index (χ1v) is 10.2. The highest BCUT2D eigenvalue weighted by molar-refractivity contribution is 7.09. The third kappa shape index (κ3) is 5.07. The molecule has 2 aromatic heterocycles. The zero-order valence-corrected chi connectivity index (χ0v) is 16.8. The largest absolute Gasteiger partial charge is 0.361 e. The molecule has 3 N–H and O–H groups in total. The maximum atomic E-state index is 13.5. The van der Waals surface area contributed by atoms with Gasteiger partial charge in [0.25, 0.3) is 0 Å². The highest BCUT2D eigenvalue weighted by Crippen LogP contribution is 2.20. The Labute approximate surface area is 163 Å². The topological polar surface area (TPSA) is 65.1 Å². The van der Waals surface area contributed by atoms with Gasteiger partial charge in [0, 0.05) is 41.5 Å². The molecule has 0 saturated carbocycles. The predicted molar refractivity (Wildman–Crippen MR) is 111 cm³/mol. The van der Waals surface area contributed by atoms with Crippen LogP contribution >= 0.6 is 11.3 Å². The highest BCUT2D eigenvalue weighted by Gasteiger charge is 2.07. The van der Waals surface area contributed by atoms with Gasteiger partial charge in [-0.2, -0.15) is 0 Å². The van der Waals surface area contributed by atoms with Gasteiger partial charge in [0.15, 0.2) is 5.96 Å². The molecule has 0 saturated heterocycles. The van der Waals surface area contributed by atoms with Crippen molar-refractivity contribution in [3.8, 4) is 0 Å². The Kier molecular flexibility index (Phi) is 6.45. The lowest BCUT2D eigenvalue weighted by Crippen LogP contribution is -2.38. The Bertz CT molecular complexity index is 912. The number of fused-ring (bicyclic) bond motifs is 1. The number of rotatable bonds is 7. The molecule has 3 aromatic rings. The van der Waals surface area contributed by atoms with Crippen molar-refractivity contribution < 1.29 is 4.39 Å². The van der Waals surface area contributed by atoms with Crippen LogP contribution in [-0.2, 0) is 13.0 Å². The zero-order chi connectivity index (χ0) is 19.2. The molecule has 7 heteroatoms. The van der Waals surface area contributed by atoms with Crippen molar-refractivity contribution in [2.45, 2.75) is 39.7 Å². The van der Waals surface area contributed by atoms with Gasteiger partial charge in [-0.15, -0.1) is 11.3 Å². The van der Waals surface area contributed by atoms with Crippen molar-refractivity contribution in [3.63, 3.8) is 0 Å². The first-order valence-electron chi connectivity index (χ1n) is 9.28. The van der Waals surface area contributed by atoms with Gasteiger partial charge in [0.2, 0.25) is 0 Å². The van der Waals surface area contributed by atoms with E-state index in [9.17, 15) is 4.39 Å². The number of aromatic amines is 1. The number of thiazole rings is 1. The van der Waals surface area contributed by atoms with Gasteiger partial charge in [-0.3, -0.25) is 0 Å². The van der Waals surface area contributed by atoms with Crippen molar-refractivity contribution in [1.82, 2.24) is 20.6 Å². The Morgan fingerprint density at radius 3 is 2.93 bits per heavy atom. The number of H-pyrrole nitrogens is 1. The molecular weight excluding hydrogens is 361 g/mol. The minimum Gasteiger partial charge on any atom is -0.361 e. The van der Waals surface area contributed by atoms with Crippen molar-refractivity contribution in [1.29, 1.82) is 0 Å². The van der Waals surface area contributed by atoms with E-state index >= 15 is 0 Å². The number of nitrogens with one attached hydrogen (secondary N) is 3. The molecule has 0 amide bonds. The Hall–Kier alpha value is -2.41. The lowest BCUT2D eigenvalue weighted by molar-refractivity contribution is 0.629. The van der Waals surface area contributed by atoms with E-state index in [-0.39, 0.29) is 5.82 Å². The third-order valence-corrected chi connectivity index (χ3v) is 5.42. The molecule has 0 radical (unpaired) electrons. The standard InChI is InChI=1S/C20H26FN5S/c1-4-22-20(25-11-16-12-27-19(26-16)13(2)3)23-8-7-14-10-24-18-6-5-15(21)9-17(14)18/h5-6,9-10,12-13,24H,4,7-8,11H2,1-3H3,(H2,22,23,25). The van der Waals surface area contributed by atoms with Crippen molar-refractivity contribution in [3.05, 3.63) is 51.9 Å². The summed E-state index contributed by atoms with van der Waals surface area (Å²) >= 11 is 1.69. The Morgan fingerprint density at radius 1 is 1.33 bits per heavy atom. The van der Waals surface area contributed by atoms with E-state index < -0.39 is 0 Å². The predicted octanol–water partition coefficient (Wildman–Crippen LogP) is 4.18. The van der Waals surface area contributed by atoms with Crippen molar-refractivity contribution >= 4 is 28.2 Å². The van der Waals surface area contributed by atoms with Gasteiger partial charge >= 0.3 is 0 Å². The molecule has 27 heavy (non-hydrogen) atoms. The Balaban J connectivity index is 1.59. The maximum Gasteiger partial charge on any atom is 0.191 e. The number of halogens is 1. The summed E-state index contributed by atoms with van der Waals surface area (Å²) in [5.41, 5.74) is 3.04. The monoisotopic (exact) mass is 387 g/mol. The normalized spacial score (nSPS) is 12.1. The molecule has 1 aromatic carbocycles. The van der Waals surface area contributed by atoms with Crippen LogP contribution in [0.15, 0.2) is 34.8 Å². The summed E-state index contributed by atoms with van der Waals surface area (Å²) in [6, 6.07) is 4.82. The minimum atomic E-state index is -0.213. The second-order valence-corrected chi connectivity index (χ2v) is 7.60. The van der Waals surface area contributed by atoms with Crippen LogP contribution in [-0.4, -0.2) is 29.0 Å². The van der Waals surface area contributed by atoms with Crippen LogP contribution in [0.2, 0.25) is 0 Å². The molecule has 0 aliphatic heterocycles. The van der Waals surface area contributed by atoms with Gasteiger partial charge in [-0.05, 0) is 37.1 Å². The number of aromatic nitrogens is 2. The van der Waals surface area contributed by atoms with Gasteiger partial charge in [-0.25, -0.2) is 14.4 Å².